The van der Waals surface area contributed by atoms with Crippen LogP contribution in [0.1, 0.15) is 26.3 Å². The van der Waals surface area contributed by atoms with Crippen LogP contribution in [-0.2, 0) is 11.3 Å². The average Bonchev–Trinajstić information content (AvgIpc) is 2.46. The van der Waals surface area contributed by atoms with Crippen molar-refractivity contribution in [3.63, 3.8) is 0 Å². The highest BCUT2D eigenvalue weighted by molar-refractivity contribution is 5.33. The first kappa shape index (κ1) is 16.3. The van der Waals surface area contributed by atoms with E-state index in [9.17, 15) is 0 Å². The number of nitrogens with zero attached hydrogens (tertiary/aromatic N) is 1. The number of benzene rings is 1. The van der Waals surface area contributed by atoms with Gasteiger partial charge in [0.1, 0.15) is 12.4 Å². The molecule has 1 aromatic rings. The van der Waals surface area contributed by atoms with Crippen LogP contribution in [0.2, 0.25) is 0 Å². The molecule has 1 aliphatic heterocycles. The lowest BCUT2D eigenvalue weighted by Gasteiger charge is -2.30. The van der Waals surface area contributed by atoms with E-state index in [1.165, 1.54) is 5.56 Å². The molecule has 4 nitrogen and oxygen atoms in total. The smallest absolute Gasteiger partial charge is 0.123 e. The molecule has 1 aliphatic rings. The summed E-state index contributed by atoms with van der Waals surface area (Å²) in [5, 5.41) is 3.44. The zero-order valence-corrected chi connectivity index (χ0v) is 13.5. The van der Waals surface area contributed by atoms with Gasteiger partial charge in [-0.1, -0.05) is 32.0 Å². The third kappa shape index (κ3) is 5.65. The Balaban J connectivity index is 1.79. The monoisotopic (exact) mass is 292 g/mol. The lowest BCUT2D eigenvalue weighted by atomic mass is 10.2. The van der Waals surface area contributed by atoms with Gasteiger partial charge < -0.3 is 14.8 Å². The third-order valence-corrected chi connectivity index (χ3v) is 3.66. The van der Waals surface area contributed by atoms with Crippen LogP contribution in [0.3, 0.4) is 0 Å². The second-order valence-electron chi connectivity index (χ2n) is 5.97. The zero-order valence-electron chi connectivity index (χ0n) is 13.5. The predicted molar refractivity (Wildman–Crippen MR) is 85.8 cm³/mol. The summed E-state index contributed by atoms with van der Waals surface area (Å²) in [5.74, 6) is 0.993. The lowest BCUT2D eigenvalue weighted by Crippen LogP contribution is -2.42. The highest BCUT2D eigenvalue weighted by atomic mass is 16.5. The van der Waals surface area contributed by atoms with Crippen molar-refractivity contribution in [2.24, 2.45) is 0 Å². The highest BCUT2D eigenvalue weighted by Crippen LogP contribution is 2.18. The quantitative estimate of drug-likeness (QED) is 0.836. The lowest BCUT2D eigenvalue weighted by molar-refractivity contribution is -0.0214. The van der Waals surface area contributed by atoms with E-state index in [1.807, 2.05) is 6.07 Å². The summed E-state index contributed by atoms with van der Waals surface area (Å²) < 4.78 is 11.5. The molecule has 1 atom stereocenters. The van der Waals surface area contributed by atoms with E-state index >= 15 is 0 Å². The molecule has 0 aliphatic carbocycles. The maximum Gasteiger partial charge on any atom is 0.123 e. The van der Waals surface area contributed by atoms with E-state index in [-0.39, 0.29) is 0 Å². The van der Waals surface area contributed by atoms with Crippen LogP contribution in [-0.4, -0.2) is 49.9 Å². The molecule has 0 spiro atoms. The van der Waals surface area contributed by atoms with Gasteiger partial charge in [0, 0.05) is 37.8 Å². The zero-order chi connectivity index (χ0) is 15.1. The maximum atomic E-state index is 5.98. The Morgan fingerprint density at radius 1 is 1.38 bits per heavy atom. The Kier molecular flexibility index (Phi) is 6.49. The fraction of sp³-hybridized carbons (Fsp3) is 0.647. The van der Waals surface area contributed by atoms with Gasteiger partial charge in [0.2, 0.25) is 0 Å². The maximum absolute atomic E-state index is 5.98. The minimum atomic E-state index is 0.335. The minimum Gasteiger partial charge on any atom is -0.492 e. The van der Waals surface area contributed by atoms with Crippen molar-refractivity contribution in [3.05, 3.63) is 29.8 Å². The Hall–Kier alpha value is -1.10. The largest absolute Gasteiger partial charge is 0.492 e. The standard InChI is InChI=1S/C17H28N2O2/c1-14(2)18-12-16-6-4-5-7-17(16)21-11-9-19-8-10-20-15(3)13-19/h4-7,14-15,18H,8-13H2,1-3H3. The van der Waals surface area contributed by atoms with Crippen LogP contribution in [0, 0.1) is 0 Å². The van der Waals surface area contributed by atoms with Crippen molar-refractivity contribution in [1.82, 2.24) is 10.2 Å². The first-order valence-corrected chi connectivity index (χ1v) is 7.93. The van der Waals surface area contributed by atoms with Gasteiger partial charge in [-0.2, -0.15) is 0 Å². The third-order valence-electron chi connectivity index (χ3n) is 3.66. The van der Waals surface area contributed by atoms with Gasteiger partial charge in [-0.3, -0.25) is 4.90 Å². The van der Waals surface area contributed by atoms with Gasteiger partial charge in [0.05, 0.1) is 12.7 Å². The molecule has 0 amide bonds. The van der Waals surface area contributed by atoms with E-state index < -0.39 is 0 Å². The van der Waals surface area contributed by atoms with Crippen LogP contribution in [0.25, 0.3) is 0 Å². The topological polar surface area (TPSA) is 33.7 Å². The molecule has 0 bridgehead atoms. The Morgan fingerprint density at radius 2 is 2.19 bits per heavy atom. The molecule has 1 saturated heterocycles. The number of morpholine rings is 1. The molecule has 4 heteroatoms. The highest BCUT2D eigenvalue weighted by Gasteiger charge is 2.16. The van der Waals surface area contributed by atoms with Crippen LogP contribution in [0.5, 0.6) is 5.75 Å². The van der Waals surface area contributed by atoms with Crippen LogP contribution in [0.4, 0.5) is 0 Å². The molecule has 1 unspecified atom stereocenters. The summed E-state index contributed by atoms with van der Waals surface area (Å²) in [6, 6.07) is 8.76. The molecule has 118 valence electrons. The number of ether oxygens (including phenoxy) is 2. The van der Waals surface area contributed by atoms with Crippen LogP contribution >= 0.6 is 0 Å². The Morgan fingerprint density at radius 3 is 2.95 bits per heavy atom. The second-order valence-corrected chi connectivity index (χ2v) is 5.97. The molecule has 0 radical (unpaired) electrons. The molecule has 2 rings (SSSR count). The Labute approximate surface area is 128 Å². The van der Waals surface area contributed by atoms with Crippen molar-refractivity contribution in [2.45, 2.75) is 39.5 Å². The first-order chi connectivity index (χ1) is 10.1. The van der Waals surface area contributed by atoms with Gasteiger partial charge in [-0.05, 0) is 13.0 Å². The molecular weight excluding hydrogens is 264 g/mol. The van der Waals surface area contributed by atoms with E-state index in [0.29, 0.717) is 12.1 Å². The van der Waals surface area contributed by atoms with Crippen molar-refractivity contribution < 1.29 is 9.47 Å². The Bertz CT molecular complexity index is 423. The van der Waals surface area contributed by atoms with Gasteiger partial charge in [0.15, 0.2) is 0 Å². The van der Waals surface area contributed by atoms with Crippen molar-refractivity contribution in [3.8, 4) is 5.75 Å². The minimum absolute atomic E-state index is 0.335. The number of hydrogen-bond donors (Lipinski definition) is 1. The number of hydrogen-bond acceptors (Lipinski definition) is 4. The summed E-state index contributed by atoms with van der Waals surface area (Å²) in [7, 11) is 0. The summed E-state index contributed by atoms with van der Waals surface area (Å²) in [6.07, 6.45) is 0.335. The van der Waals surface area contributed by atoms with E-state index in [0.717, 1.165) is 45.1 Å². The average molecular weight is 292 g/mol. The fourth-order valence-corrected chi connectivity index (χ4v) is 2.48. The normalized spacial score (nSPS) is 19.9. The number of rotatable bonds is 7. The van der Waals surface area contributed by atoms with Gasteiger partial charge in [0.25, 0.3) is 0 Å². The van der Waals surface area contributed by atoms with E-state index in [2.05, 4.69) is 49.2 Å². The molecule has 21 heavy (non-hydrogen) atoms. The summed E-state index contributed by atoms with van der Waals surface area (Å²) in [6.45, 7) is 11.8. The molecule has 1 N–H and O–H groups in total. The van der Waals surface area contributed by atoms with Crippen molar-refractivity contribution in [1.29, 1.82) is 0 Å². The second kappa shape index (κ2) is 8.37. The van der Waals surface area contributed by atoms with Crippen LogP contribution in [0.15, 0.2) is 24.3 Å². The van der Waals surface area contributed by atoms with E-state index in [4.69, 9.17) is 9.47 Å². The van der Waals surface area contributed by atoms with E-state index in [1.54, 1.807) is 0 Å². The van der Waals surface area contributed by atoms with Gasteiger partial charge >= 0.3 is 0 Å². The number of para-hydroxylation sites is 1. The predicted octanol–water partition coefficient (Wildman–Crippen LogP) is 2.28. The van der Waals surface area contributed by atoms with Gasteiger partial charge in [-0.15, -0.1) is 0 Å². The molecular formula is C17H28N2O2. The summed E-state index contributed by atoms with van der Waals surface area (Å²) in [4.78, 5) is 2.41. The number of nitrogens with one attached hydrogen (secondary N) is 1. The molecule has 0 saturated carbocycles. The first-order valence-electron chi connectivity index (χ1n) is 7.93. The molecule has 0 aromatic heterocycles. The van der Waals surface area contributed by atoms with Gasteiger partial charge in [-0.25, -0.2) is 0 Å². The molecule has 1 fully saturated rings. The summed E-state index contributed by atoms with van der Waals surface area (Å²) >= 11 is 0. The SMILES string of the molecule is CC(C)NCc1ccccc1OCCN1CCOC(C)C1. The molecule has 1 heterocycles. The van der Waals surface area contributed by atoms with Crippen molar-refractivity contribution >= 4 is 0 Å². The van der Waals surface area contributed by atoms with Crippen molar-refractivity contribution in [2.75, 3.05) is 32.8 Å². The molecule has 1 aromatic carbocycles. The fourth-order valence-electron chi connectivity index (χ4n) is 2.48. The van der Waals surface area contributed by atoms with Crippen LogP contribution < -0.4 is 10.1 Å². The summed E-state index contributed by atoms with van der Waals surface area (Å²) in [5.41, 5.74) is 1.22.